The van der Waals surface area contributed by atoms with Gasteiger partial charge in [-0.25, -0.2) is 0 Å². The lowest BCUT2D eigenvalue weighted by molar-refractivity contribution is 0.159. The Balaban J connectivity index is 1.71. The molecule has 19 heavy (non-hydrogen) atoms. The molecule has 0 aliphatic carbocycles. The molecule has 2 rings (SSSR count). The second-order valence-electron chi connectivity index (χ2n) is 5.30. The molecule has 2 heterocycles. The average Bonchev–Trinajstić information content (AvgIpc) is 2.45. The Hall–Kier alpha value is -0.970. The van der Waals surface area contributed by atoms with E-state index in [1.54, 1.807) is 7.11 Å². The highest BCUT2D eigenvalue weighted by Crippen LogP contribution is 2.17. The summed E-state index contributed by atoms with van der Waals surface area (Å²) in [6.45, 7) is 6.33. The maximum Gasteiger partial charge on any atom is 0.0587 e. The molecule has 1 aromatic heterocycles. The standard InChI is InChI=1S/C15H25N3O/c1-19-10-8-17-11-15-3-2-9-18(13-15)12-14-4-6-16-7-5-14/h4-7,15,17H,2-3,8-13H2,1H3. The van der Waals surface area contributed by atoms with E-state index in [1.165, 1.54) is 31.5 Å². The SMILES string of the molecule is COCCNCC1CCCN(Cc2ccncc2)C1. The van der Waals surface area contributed by atoms with Gasteiger partial charge in [0.1, 0.15) is 0 Å². The molecular weight excluding hydrogens is 238 g/mol. The van der Waals surface area contributed by atoms with Crippen molar-refractivity contribution in [2.24, 2.45) is 5.92 Å². The highest BCUT2D eigenvalue weighted by molar-refractivity contribution is 5.09. The summed E-state index contributed by atoms with van der Waals surface area (Å²) in [5, 5.41) is 3.48. The molecule has 0 amide bonds. The van der Waals surface area contributed by atoms with Crippen molar-refractivity contribution in [3.05, 3.63) is 30.1 Å². The van der Waals surface area contributed by atoms with E-state index in [0.29, 0.717) is 0 Å². The number of hydrogen-bond acceptors (Lipinski definition) is 4. The highest BCUT2D eigenvalue weighted by atomic mass is 16.5. The third-order valence-corrected chi connectivity index (χ3v) is 3.67. The van der Waals surface area contributed by atoms with Crippen LogP contribution in [0.4, 0.5) is 0 Å². The molecule has 1 aliphatic rings. The molecule has 0 aromatic carbocycles. The number of rotatable bonds is 7. The van der Waals surface area contributed by atoms with Gasteiger partial charge in [0.05, 0.1) is 6.61 Å². The molecule has 0 radical (unpaired) electrons. The van der Waals surface area contributed by atoms with E-state index in [-0.39, 0.29) is 0 Å². The largest absolute Gasteiger partial charge is 0.383 e. The van der Waals surface area contributed by atoms with Gasteiger partial charge in [-0.3, -0.25) is 9.88 Å². The Morgan fingerprint density at radius 2 is 2.26 bits per heavy atom. The van der Waals surface area contributed by atoms with Crippen LogP contribution in [0.5, 0.6) is 0 Å². The third-order valence-electron chi connectivity index (χ3n) is 3.67. The van der Waals surface area contributed by atoms with E-state index in [1.807, 2.05) is 12.4 Å². The number of hydrogen-bond donors (Lipinski definition) is 1. The van der Waals surface area contributed by atoms with Crippen LogP contribution < -0.4 is 5.32 Å². The molecule has 4 nitrogen and oxygen atoms in total. The van der Waals surface area contributed by atoms with Crippen LogP contribution >= 0.6 is 0 Å². The molecule has 1 aliphatic heterocycles. The Bertz CT molecular complexity index is 345. The van der Waals surface area contributed by atoms with Crippen LogP contribution in [0.3, 0.4) is 0 Å². The van der Waals surface area contributed by atoms with Gasteiger partial charge in [-0.15, -0.1) is 0 Å². The zero-order valence-corrected chi connectivity index (χ0v) is 11.8. The van der Waals surface area contributed by atoms with Crippen LogP contribution in [0.15, 0.2) is 24.5 Å². The summed E-state index contributed by atoms with van der Waals surface area (Å²) in [6.07, 6.45) is 6.40. The van der Waals surface area contributed by atoms with Crippen LogP contribution in [-0.2, 0) is 11.3 Å². The Morgan fingerprint density at radius 3 is 3.05 bits per heavy atom. The normalized spacial score (nSPS) is 20.6. The molecule has 4 heteroatoms. The van der Waals surface area contributed by atoms with E-state index in [9.17, 15) is 0 Å². The molecule has 0 saturated carbocycles. The fraction of sp³-hybridized carbons (Fsp3) is 0.667. The molecule has 1 N–H and O–H groups in total. The number of ether oxygens (including phenoxy) is 1. The second-order valence-corrected chi connectivity index (χ2v) is 5.30. The summed E-state index contributed by atoms with van der Waals surface area (Å²) in [4.78, 5) is 6.63. The summed E-state index contributed by atoms with van der Waals surface area (Å²) in [5.74, 6) is 0.771. The van der Waals surface area contributed by atoms with Gasteiger partial charge in [-0.1, -0.05) is 0 Å². The third kappa shape index (κ3) is 5.27. The van der Waals surface area contributed by atoms with Crippen LogP contribution in [0.2, 0.25) is 0 Å². The first-order valence-electron chi connectivity index (χ1n) is 7.19. The second kappa shape index (κ2) is 8.25. The number of nitrogens with zero attached hydrogens (tertiary/aromatic N) is 2. The van der Waals surface area contributed by atoms with E-state index >= 15 is 0 Å². The first-order valence-corrected chi connectivity index (χ1v) is 7.19. The minimum atomic E-state index is 0.771. The molecule has 0 bridgehead atoms. The zero-order chi connectivity index (χ0) is 13.3. The number of likely N-dealkylation sites (tertiary alicyclic amines) is 1. The summed E-state index contributed by atoms with van der Waals surface area (Å²) in [5.41, 5.74) is 1.36. The lowest BCUT2D eigenvalue weighted by Gasteiger charge is -2.32. The van der Waals surface area contributed by atoms with Crippen molar-refractivity contribution in [2.45, 2.75) is 19.4 Å². The molecule has 0 spiro atoms. The van der Waals surface area contributed by atoms with Crippen LogP contribution in [-0.4, -0.2) is 49.8 Å². The van der Waals surface area contributed by atoms with Crippen molar-refractivity contribution in [2.75, 3.05) is 39.9 Å². The quantitative estimate of drug-likeness (QED) is 0.757. The van der Waals surface area contributed by atoms with Gasteiger partial charge >= 0.3 is 0 Å². The van der Waals surface area contributed by atoms with E-state index in [0.717, 1.165) is 32.2 Å². The molecule has 1 aromatic rings. The summed E-state index contributed by atoms with van der Waals surface area (Å²) in [7, 11) is 1.75. The van der Waals surface area contributed by atoms with Crippen molar-refractivity contribution in [3.63, 3.8) is 0 Å². The number of nitrogens with one attached hydrogen (secondary N) is 1. The van der Waals surface area contributed by atoms with E-state index < -0.39 is 0 Å². The minimum absolute atomic E-state index is 0.771. The highest BCUT2D eigenvalue weighted by Gasteiger charge is 2.19. The number of aromatic nitrogens is 1. The van der Waals surface area contributed by atoms with Gasteiger partial charge in [0.2, 0.25) is 0 Å². The maximum atomic E-state index is 5.05. The molecule has 1 fully saturated rings. The topological polar surface area (TPSA) is 37.4 Å². The lowest BCUT2D eigenvalue weighted by atomic mass is 9.97. The Kier molecular flexibility index (Phi) is 6.27. The van der Waals surface area contributed by atoms with E-state index in [4.69, 9.17) is 4.74 Å². The summed E-state index contributed by atoms with van der Waals surface area (Å²) in [6, 6.07) is 4.22. The number of piperidine rings is 1. The number of pyridine rings is 1. The number of methoxy groups -OCH3 is 1. The fourth-order valence-electron chi connectivity index (χ4n) is 2.69. The van der Waals surface area contributed by atoms with Crippen molar-refractivity contribution >= 4 is 0 Å². The smallest absolute Gasteiger partial charge is 0.0587 e. The maximum absolute atomic E-state index is 5.05. The van der Waals surface area contributed by atoms with Gasteiger partial charge < -0.3 is 10.1 Å². The Morgan fingerprint density at radius 1 is 1.42 bits per heavy atom. The molecule has 1 saturated heterocycles. The van der Waals surface area contributed by atoms with Crippen molar-refractivity contribution in [3.8, 4) is 0 Å². The monoisotopic (exact) mass is 263 g/mol. The fourth-order valence-corrected chi connectivity index (χ4v) is 2.69. The van der Waals surface area contributed by atoms with Crippen LogP contribution in [0.25, 0.3) is 0 Å². The molecule has 1 unspecified atom stereocenters. The average molecular weight is 263 g/mol. The van der Waals surface area contributed by atoms with Gasteiger partial charge in [0, 0.05) is 39.1 Å². The first kappa shape index (κ1) is 14.4. The van der Waals surface area contributed by atoms with Gasteiger partial charge in [-0.05, 0) is 49.5 Å². The lowest BCUT2D eigenvalue weighted by Crippen LogP contribution is -2.39. The van der Waals surface area contributed by atoms with Gasteiger partial charge in [0.15, 0.2) is 0 Å². The predicted octanol–water partition coefficient (Wildman–Crippen LogP) is 1.53. The van der Waals surface area contributed by atoms with Crippen molar-refractivity contribution in [1.29, 1.82) is 0 Å². The minimum Gasteiger partial charge on any atom is -0.383 e. The Labute approximate surface area is 116 Å². The van der Waals surface area contributed by atoms with Gasteiger partial charge in [0.25, 0.3) is 0 Å². The summed E-state index contributed by atoms with van der Waals surface area (Å²) >= 11 is 0. The van der Waals surface area contributed by atoms with Gasteiger partial charge in [-0.2, -0.15) is 0 Å². The summed E-state index contributed by atoms with van der Waals surface area (Å²) < 4.78 is 5.05. The molecule has 1 atom stereocenters. The predicted molar refractivity (Wildman–Crippen MR) is 77.0 cm³/mol. The molecule has 106 valence electrons. The van der Waals surface area contributed by atoms with Crippen LogP contribution in [0.1, 0.15) is 18.4 Å². The molecular formula is C15H25N3O. The zero-order valence-electron chi connectivity index (χ0n) is 11.8. The van der Waals surface area contributed by atoms with E-state index in [2.05, 4.69) is 27.3 Å². The van der Waals surface area contributed by atoms with Crippen molar-refractivity contribution in [1.82, 2.24) is 15.2 Å². The van der Waals surface area contributed by atoms with Crippen molar-refractivity contribution < 1.29 is 4.74 Å². The first-order chi connectivity index (χ1) is 9.38. The van der Waals surface area contributed by atoms with Crippen LogP contribution in [0, 0.1) is 5.92 Å².